The van der Waals surface area contributed by atoms with Crippen molar-refractivity contribution < 1.29 is 67.3 Å². The third kappa shape index (κ3) is 24.6. The van der Waals surface area contributed by atoms with Gasteiger partial charge in [0.15, 0.2) is 0 Å². The molecule has 1 aliphatic heterocycles. The molecular weight excluding hydrogens is 1150 g/mol. The van der Waals surface area contributed by atoms with E-state index in [2.05, 4.69) is 32.1 Å². The third-order valence-corrected chi connectivity index (χ3v) is 17.3. The molecule has 0 saturated carbocycles. The lowest BCUT2D eigenvalue weighted by molar-refractivity contribution is -0.152. The Kier molecular flexibility index (Phi) is 35.5. The smallest absolute Gasteiger partial charge is 0.312 e. The number of hydrogen-bond acceptors (Lipinski definition) is 15. The maximum absolute atomic E-state index is 14.8. The number of unbranched alkanes of at least 4 members (excludes halogenated alkanes) is 1. The SMILES string of the molecule is CCC(C)C(C(CC(=O)NOCc1ccc(NC(=O)C(CCCNC(N)=O)NC(=O)C(NC(=O)CCCCO)C(C)C)cc1)OC)N(C)C(=O)C(C)C(OC)C1CCCN1C(=O)CC(OC)C(C(C)CC)N(C)C(=O)C(NC(=O)C(C(C)C)N(C)C)C(C)C. The van der Waals surface area contributed by atoms with Crippen LogP contribution in [0.5, 0.6) is 0 Å². The number of carbonyl (C=O) groups excluding carboxylic acids is 9. The first-order chi connectivity index (χ1) is 42.0. The van der Waals surface area contributed by atoms with Gasteiger partial charge in [0.1, 0.15) is 18.1 Å². The van der Waals surface area contributed by atoms with Crippen LogP contribution < -0.4 is 37.8 Å². The minimum Gasteiger partial charge on any atom is -0.396 e. The van der Waals surface area contributed by atoms with Crippen LogP contribution in [-0.4, -0.2) is 208 Å². The number of nitrogens with two attached hydrogens (primary N) is 1. The van der Waals surface area contributed by atoms with E-state index in [0.29, 0.717) is 62.7 Å². The third-order valence-electron chi connectivity index (χ3n) is 17.3. The van der Waals surface area contributed by atoms with Crippen molar-refractivity contribution in [3.05, 3.63) is 29.8 Å². The van der Waals surface area contributed by atoms with Gasteiger partial charge in [-0.25, -0.2) is 10.3 Å². The Bertz CT molecular complexity index is 2370. The predicted molar refractivity (Wildman–Crippen MR) is 341 cm³/mol. The maximum atomic E-state index is 14.8. The highest BCUT2D eigenvalue weighted by Crippen LogP contribution is 2.32. The summed E-state index contributed by atoms with van der Waals surface area (Å²) in [7, 11) is 11.7. The fourth-order valence-electron chi connectivity index (χ4n) is 12.0. The van der Waals surface area contributed by atoms with Gasteiger partial charge in [-0.2, -0.15) is 0 Å². The van der Waals surface area contributed by atoms with E-state index in [0.717, 1.165) is 0 Å². The molecule has 13 atom stereocenters. The Hall–Kier alpha value is -5.99. The molecule has 89 heavy (non-hydrogen) atoms. The van der Waals surface area contributed by atoms with Crippen LogP contribution in [0.15, 0.2) is 24.3 Å². The Morgan fingerprint density at radius 2 is 1.25 bits per heavy atom. The summed E-state index contributed by atoms with van der Waals surface area (Å²) in [5.74, 6) is -4.39. The molecule has 13 unspecified atom stereocenters. The summed E-state index contributed by atoms with van der Waals surface area (Å²) in [5.41, 5.74) is 8.75. The van der Waals surface area contributed by atoms with Crippen molar-refractivity contribution in [2.24, 2.45) is 41.2 Å². The quantitative estimate of drug-likeness (QED) is 0.0334. The highest BCUT2D eigenvalue weighted by Gasteiger charge is 2.45. The molecule has 9 N–H and O–H groups in total. The van der Waals surface area contributed by atoms with Gasteiger partial charge in [-0.3, -0.25) is 48.1 Å². The fourth-order valence-corrected chi connectivity index (χ4v) is 12.0. The zero-order chi connectivity index (χ0) is 67.4. The van der Waals surface area contributed by atoms with Gasteiger partial charge in [0.05, 0.1) is 67.8 Å². The number of primary amides is 1. The molecule has 25 nitrogen and oxygen atoms in total. The Morgan fingerprint density at radius 3 is 1.75 bits per heavy atom. The molecule has 0 aliphatic carbocycles. The second-order valence-electron chi connectivity index (χ2n) is 25.2. The lowest BCUT2D eigenvalue weighted by Crippen LogP contribution is -2.59. The summed E-state index contributed by atoms with van der Waals surface area (Å²) < 4.78 is 18.2. The molecular formula is C64H113N11O14. The zero-order valence-electron chi connectivity index (χ0n) is 56.8. The Labute approximate surface area is 530 Å². The molecule has 0 spiro atoms. The van der Waals surface area contributed by atoms with Gasteiger partial charge >= 0.3 is 6.03 Å². The highest BCUT2D eigenvalue weighted by atomic mass is 16.7. The molecule has 1 aliphatic rings. The molecule has 0 bridgehead atoms. The number of nitrogens with one attached hydrogen (secondary N) is 6. The highest BCUT2D eigenvalue weighted by molar-refractivity contribution is 5.98. The molecule has 1 fully saturated rings. The van der Waals surface area contributed by atoms with Crippen LogP contribution in [0.25, 0.3) is 0 Å². The summed E-state index contributed by atoms with van der Waals surface area (Å²) in [5, 5.41) is 22.9. The number of rotatable bonds is 41. The number of nitrogens with zero attached hydrogens (tertiary/aromatic N) is 4. The van der Waals surface area contributed by atoms with E-state index in [4.69, 9.17) is 29.9 Å². The average molecular weight is 1260 g/mol. The van der Waals surface area contributed by atoms with E-state index in [-0.39, 0.29) is 105 Å². The monoisotopic (exact) mass is 1260 g/mol. The Balaban J connectivity index is 2.21. The first-order valence-corrected chi connectivity index (χ1v) is 31.9. The van der Waals surface area contributed by atoms with Crippen LogP contribution in [0.1, 0.15) is 152 Å². The number of ether oxygens (including phenoxy) is 3. The van der Waals surface area contributed by atoms with E-state index < -0.39 is 90.3 Å². The van der Waals surface area contributed by atoms with Gasteiger partial charge in [-0.05, 0) is 99.9 Å². The number of carbonyl (C=O) groups is 9. The second-order valence-corrected chi connectivity index (χ2v) is 25.2. The second kappa shape index (κ2) is 40.0. The van der Waals surface area contributed by atoms with Crippen LogP contribution in [0, 0.1) is 35.5 Å². The number of hydrogen-bond donors (Lipinski definition) is 8. The number of aliphatic hydroxyl groups excluding tert-OH is 1. The van der Waals surface area contributed by atoms with E-state index in [1.165, 1.54) is 14.2 Å². The number of likely N-dealkylation sites (N-methyl/N-ethyl adjacent to an activating group) is 3. The van der Waals surface area contributed by atoms with Gasteiger partial charge in [-0.15, -0.1) is 0 Å². The number of methoxy groups -OCH3 is 3. The summed E-state index contributed by atoms with van der Waals surface area (Å²) in [6, 6.07) is 1.12. The minimum atomic E-state index is -1.05. The first kappa shape index (κ1) is 79.1. The van der Waals surface area contributed by atoms with E-state index in [9.17, 15) is 43.2 Å². The van der Waals surface area contributed by atoms with Crippen molar-refractivity contribution in [1.29, 1.82) is 0 Å². The number of amides is 10. The topological polar surface area (TPSA) is 322 Å². The molecule has 1 saturated heterocycles. The van der Waals surface area contributed by atoms with Crippen LogP contribution in [0.2, 0.25) is 0 Å². The van der Waals surface area contributed by atoms with Crippen LogP contribution in [-0.2, 0) is 64.0 Å². The van der Waals surface area contributed by atoms with Crippen LogP contribution in [0.4, 0.5) is 10.5 Å². The lowest BCUT2D eigenvalue weighted by atomic mass is 9.88. The number of likely N-dealkylation sites (tertiary alicyclic amines) is 1. The minimum absolute atomic E-state index is 0.00379. The van der Waals surface area contributed by atoms with Crippen LogP contribution in [0.3, 0.4) is 0 Å². The van der Waals surface area contributed by atoms with Gasteiger partial charge in [0.25, 0.3) is 0 Å². The number of aliphatic hydroxyl groups is 1. The number of anilines is 1. The maximum Gasteiger partial charge on any atom is 0.312 e. The van der Waals surface area contributed by atoms with Gasteiger partial charge in [0.2, 0.25) is 47.3 Å². The fraction of sp³-hybridized carbons (Fsp3) is 0.766. The molecule has 2 rings (SSSR count). The molecule has 1 aromatic carbocycles. The Morgan fingerprint density at radius 1 is 0.674 bits per heavy atom. The van der Waals surface area contributed by atoms with Crippen molar-refractivity contribution in [3.8, 4) is 0 Å². The summed E-state index contributed by atoms with van der Waals surface area (Å²) in [4.78, 5) is 135. The molecule has 10 amide bonds. The molecule has 0 radical (unpaired) electrons. The predicted octanol–water partition coefficient (Wildman–Crippen LogP) is 4.34. The summed E-state index contributed by atoms with van der Waals surface area (Å²) in [6.45, 7) is 21.6. The lowest BCUT2D eigenvalue weighted by Gasteiger charge is -2.42. The average Bonchev–Trinajstić information content (AvgIpc) is 2.24. The van der Waals surface area contributed by atoms with E-state index in [1.54, 1.807) is 80.9 Å². The molecule has 508 valence electrons. The zero-order valence-corrected chi connectivity index (χ0v) is 56.8. The largest absolute Gasteiger partial charge is 0.396 e. The van der Waals surface area contributed by atoms with Crippen molar-refractivity contribution in [3.63, 3.8) is 0 Å². The van der Waals surface area contributed by atoms with E-state index in [1.807, 2.05) is 74.4 Å². The van der Waals surface area contributed by atoms with Gasteiger partial charge in [-0.1, -0.05) is 101 Å². The first-order valence-electron chi connectivity index (χ1n) is 31.9. The number of hydroxylamine groups is 1. The van der Waals surface area contributed by atoms with E-state index >= 15 is 0 Å². The number of urea groups is 1. The standard InChI is InChI=1S/C64H113N11O14/c1-19-41(9)56(48(86-16)35-51(78)71-89-37-44-28-30-45(31-29-44)67-59(80)46(25-23-32-66-64(65)85)68-60(81)53(38(3)4)69-50(77)27-21-22-34-76)73(14)62(83)43(11)58(88-18)47-26-24-33-75(47)52(79)36-49(87-17)57(42(10)20-2)74(15)63(84)54(39(5)6)70-61(82)55(40(7)8)72(12)13/h28-31,38-43,46-49,53-58,76H,19-27,32-37H2,1-18H3,(H,67,80)(H,68,81)(H,69,77)(H,70,82)(H,71,78)(H3,65,66,85). The number of benzene rings is 1. The summed E-state index contributed by atoms with van der Waals surface area (Å²) >= 11 is 0. The summed E-state index contributed by atoms with van der Waals surface area (Å²) in [6.07, 6.45) is 1.70. The van der Waals surface area contributed by atoms with Crippen molar-refractivity contribution >= 4 is 59.0 Å². The van der Waals surface area contributed by atoms with Gasteiger partial charge in [0, 0.05) is 67.2 Å². The van der Waals surface area contributed by atoms with Gasteiger partial charge < -0.3 is 66.3 Å². The molecule has 1 aromatic rings. The molecule has 0 aromatic heterocycles. The molecule has 1 heterocycles. The van der Waals surface area contributed by atoms with Crippen molar-refractivity contribution in [2.75, 3.05) is 74.5 Å². The van der Waals surface area contributed by atoms with Crippen molar-refractivity contribution in [1.82, 2.24) is 46.3 Å². The van der Waals surface area contributed by atoms with Crippen molar-refractivity contribution in [2.45, 2.75) is 214 Å². The molecule has 25 heteroatoms. The van der Waals surface area contributed by atoms with Crippen LogP contribution >= 0.6 is 0 Å². The normalized spacial score (nSPS) is 17.5.